The van der Waals surface area contributed by atoms with Gasteiger partial charge >= 0.3 is 0 Å². The van der Waals surface area contributed by atoms with Crippen LogP contribution in [0.25, 0.3) is 0 Å². The first-order chi connectivity index (χ1) is 8.97. The topological polar surface area (TPSA) is 92.5 Å². The van der Waals surface area contributed by atoms with E-state index in [0.29, 0.717) is 5.69 Å². The number of imide groups is 1. The summed E-state index contributed by atoms with van der Waals surface area (Å²) >= 11 is 0. The molecule has 6 heteroatoms. The number of piperazine rings is 1. The number of hydrogen-bond acceptors (Lipinski definition) is 4. The predicted molar refractivity (Wildman–Crippen MR) is 69.0 cm³/mol. The molecule has 19 heavy (non-hydrogen) atoms. The van der Waals surface area contributed by atoms with Crippen LogP contribution in [0.15, 0.2) is 24.3 Å². The number of nitrogens with two attached hydrogens (primary N) is 1. The fraction of sp³-hybridized carbons (Fsp3) is 0.308. The highest BCUT2D eigenvalue weighted by molar-refractivity contribution is 6.03. The first kappa shape index (κ1) is 13.1. The first-order valence-electron chi connectivity index (χ1n) is 5.94. The first-order valence-corrected chi connectivity index (χ1v) is 5.94. The zero-order chi connectivity index (χ0) is 14.0. The number of carbonyl (C=O) groups is 3. The van der Waals surface area contributed by atoms with E-state index < -0.39 is 17.7 Å². The minimum absolute atomic E-state index is 0.0861. The molecule has 0 saturated carbocycles. The minimum Gasteiger partial charge on any atom is -0.399 e. The van der Waals surface area contributed by atoms with Crippen molar-refractivity contribution in [3.63, 3.8) is 0 Å². The molecule has 0 aromatic heterocycles. The van der Waals surface area contributed by atoms with Crippen LogP contribution in [0.1, 0.15) is 18.4 Å². The molecule has 1 atom stereocenters. The Morgan fingerprint density at radius 2 is 1.95 bits per heavy atom. The van der Waals surface area contributed by atoms with Crippen LogP contribution in [0.4, 0.5) is 5.69 Å². The number of hydrogen-bond donors (Lipinski definition) is 2. The van der Waals surface area contributed by atoms with E-state index >= 15 is 0 Å². The van der Waals surface area contributed by atoms with Gasteiger partial charge in [0.1, 0.15) is 13.1 Å². The van der Waals surface area contributed by atoms with Crippen LogP contribution < -0.4 is 11.1 Å². The largest absolute Gasteiger partial charge is 0.399 e. The summed E-state index contributed by atoms with van der Waals surface area (Å²) in [5.74, 6) is -1.61. The molecule has 1 aliphatic heterocycles. The van der Waals surface area contributed by atoms with Gasteiger partial charge in [0.05, 0.1) is 5.92 Å². The van der Waals surface area contributed by atoms with E-state index in [2.05, 4.69) is 5.32 Å². The highest BCUT2D eigenvalue weighted by atomic mass is 16.2. The van der Waals surface area contributed by atoms with Crippen molar-refractivity contribution >= 4 is 23.4 Å². The molecule has 0 spiro atoms. The number of benzene rings is 1. The number of nitrogens with one attached hydrogen (secondary N) is 1. The maximum absolute atomic E-state index is 12.3. The molecule has 1 aromatic carbocycles. The second-order valence-corrected chi connectivity index (χ2v) is 4.56. The summed E-state index contributed by atoms with van der Waals surface area (Å²) in [5.41, 5.74) is 7.02. The molecular weight excluding hydrogens is 246 g/mol. The van der Waals surface area contributed by atoms with Gasteiger partial charge < -0.3 is 10.6 Å². The van der Waals surface area contributed by atoms with E-state index in [0.717, 1.165) is 5.56 Å². The van der Waals surface area contributed by atoms with Crippen molar-refractivity contribution in [2.24, 2.45) is 0 Å². The third-order valence-corrected chi connectivity index (χ3v) is 3.04. The molecule has 1 aromatic rings. The zero-order valence-electron chi connectivity index (χ0n) is 10.6. The van der Waals surface area contributed by atoms with Gasteiger partial charge in [0.25, 0.3) is 0 Å². The van der Waals surface area contributed by atoms with Crippen LogP contribution >= 0.6 is 0 Å². The molecule has 1 unspecified atom stereocenters. The van der Waals surface area contributed by atoms with Crippen molar-refractivity contribution in [1.82, 2.24) is 10.2 Å². The molecular formula is C13H15N3O3. The number of rotatable bonds is 2. The van der Waals surface area contributed by atoms with Gasteiger partial charge in [-0.25, -0.2) is 0 Å². The average Bonchev–Trinajstić information content (AvgIpc) is 2.36. The summed E-state index contributed by atoms with van der Waals surface area (Å²) in [5, 5.41) is 2.16. The Bertz CT molecular complexity index is 526. The van der Waals surface area contributed by atoms with Gasteiger partial charge in [-0.2, -0.15) is 0 Å². The second kappa shape index (κ2) is 5.09. The van der Waals surface area contributed by atoms with Crippen molar-refractivity contribution in [2.75, 3.05) is 18.8 Å². The molecule has 2 rings (SSSR count). The third kappa shape index (κ3) is 2.90. The normalized spacial score (nSPS) is 17.0. The summed E-state index contributed by atoms with van der Waals surface area (Å²) < 4.78 is 0. The smallest absolute Gasteiger partial charge is 0.246 e. The third-order valence-electron chi connectivity index (χ3n) is 3.04. The molecule has 0 radical (unpaired) electrons. The van der Waals surface area contributed by atoms with Crippen molar-refractivity contribution < 1.29 is 14.4 Å². The van der Waals surface area contributed by atoms with Crippen LogP contribution in [0.3, 0.4) is 0 Å². The highest BCUT2D eigenvalue weighted by Crippen LogP contribution is 2.20. The van der Waals surface area contributed by atoms with Crippen LogP contribution in [0, 0.1) is 0 Å². The van der Waals surface area contributed by atoms with Gasteiger partial charge in [-0.1, -0.05) is 12.1 Å². The molecule has 100 valence electrons. The Morgan fingerprint density at radius 3 is 2.53 bits per heavy atom. The lowest BCUT2D eigenvalue weighted by molar-refractivity contribution is -0.146. The van der Waals surface area contributed by atoms with Crippen molar-refractivity contribution in [3.05, 3.63) is 29.8 Å². The highest BCUT2D eigenvalue weighted by Gasteiger charge is 2.29. The van der Waals surface area contributed by atoms with E-state index in [-0.39, 0.29) is 19.0 Å². The van der Waals surface area contributed by atoms with Gasteiger partial charge in [0, 0.05) is 5.69 Å². The maximum Gasteiger partial charge on any atom is 0.246 e. The summed E-state index contributed by atoms with van der Waals surface area (Å²) in [7, 11) is 0. The molecule has 1 heterocycles. The van der Waals surface area contributed by atoms with Crippen molar-refractivity contribution in [1.29, 1.82) is 0 Å². The molecule has 3 amide bonds. The Labute approximate surface area is 110 Å². The van der Waals surface area contributed by atoms with Gasteiger partial charge in [0.2, 0.25) is 17.7 Å². The van der Waals surface area contributed by atoms with Gasteiger partial charge in [-0.15, -0.1) is 0 Å². The lowest BCUT2D eigenvalue weighted by atomic mass is 9.99. The van der Waals surface area contributed by atoms with Crippen molar-refractivity contribution in [3.8, 4) is 0 Å². The van der Waals surface area contributed by atoms with Gasteiger partial charge in [-0.05, 0) is 24.6 Å². The summed E-state index contributed by atoms with van der Waals surface area (Å²) in [6.45, 7) is 1.56. The summed E-state index contributed by atoms with van der Waals surface area (Å²) in [6, 6.07) is 7.01. The molecule has 1 fully saturated rings. The molecule has 1 aliphatic rings. The molecule has 0 bridgehead atoms. The maximum atomic E-state index is 12.3. The average molecular weight is 261 g/mol. The van der Waals surface area contributed by atoms with Gasteiger partial charge in [0.15, 0.2) is 0 Å². The SMILES string of the molecule is CC(C(=O)N1CC(=O)NC(=O)C1)c1cccc(N)c1. The van der Waals surface area contributed by atoms with Crippen molar-refractivity contribution in [2.45, 2.75) is 12.8 Å². The fourth-order valence-electron chi connectivity index (χ4n) is 2.04. The predicted octanol–water partition coefficient (Wildman–Crippen LogP) is -0.143. The van der Waals surface area contributed by atoms with Crippen LogP contribution in [-0.2, 0) is 14.4 Å². The zero-order valence-corrected chi connectivity index (χ0v) is 10.6. The second-order valence-electron chi connectivity index (χ2n) is 4.56. The quantitative estimate of drug-likeness (QED) is 0.572. The van der Waals surface area contributed by atoms with Crippen LogP contribution in [-0.4, -0.2) is 35.7 Å². The standard InChI is InChI=1S/C13H15N3O3/c1-8(9-3-2-4-10(14)5-9)13(19)16-6-11(17)15-12(18)7-16/h2-5,8H,6-7,14H2,1H3,(H,15,17,18). The number of nitrogens with zero attached hydrogens (tertiary/aromatic N) is 1. The van der Waals surface area contributed by atoms with Crippen LogP contribution in [0.2, 0.25) is 0 Å². The van der Waals surface area contributed by atoms with E-state index in [9.17, 15) is 14.4 Å². The molecule has 6 nitrogen and oxygen atoms in total. The van der Waals surface area contributed by atoms with E-state index in [1.165, 1.54) is 4.90 Å². The molecule has 0 aliphatic carbocycles. The van der Waals surface area contributed by atoms with E-state index in [1.807, 2.05) is 0 Å². The Kier molecular flexibility index (Phi) is 3.50. The lowest BCUT2D eigenvalue weighted by Crippen LogP contribution is -2.54. The minimum atomic E-state index is -0.454. The Morgan fingerprint density at radius 1 is 1.32 bits per heavy atom. The van der Waals surface area contributed by atoms with E-state index in [4.69, 9.17) is 5.73 Å². The molecule has 1 saturated heterocycles. The Balaban J connectivity index is 2.15. The Hall–Kier alpha value is -2.37. The summed E-state index contributed by atoms with van der Waals surface area (Å²) in [4.78, 5) is 36.0. The van der Waals surface area contributed by atoms with E-state index in [1.54, 1.807) is 31.2 Å². The van der Waals surface area contributed by atoms with Crippen LogP contribution in [0.5, 0.6) is 0 Å². The summed E-state index contributed by atoms with van der Waals surface area (Å²) in [6.07, 6.45) is 0. The molecule has 3 N–H and O–H groups in total. The number of carbonyl (C=O) groups excluding carboxylic acids is 3. The number of nitrogen functional groups attached to an aromatic ring is 1. The lowest BCUT2D eigenvalue weighted by Gasteiger charge is -2.28. The number of amides is 3. The number of anilines is 1. The fourth-order valence-corrected chi connectivity index (χ4v) is 2.04. The monoisotopic (exact) mass is 261 g/mol. The van der Waals surface area contributed by atoms with Gasteiger partial charge in [-0.3, -0.25) is 19.7 Å².